The van der Waals surface area contributed by atoms with Crippen LogP contribution in [0.2, 0.25) is 0 Å². The van der Waals surface area contributed by atoms with Crippen LogP contribution in [0, 0.1) is 17.8 Å². The normalized spacial score (nSPS) is 45.6. The molecule has 0 aromatic heterocycles. The molecule has 0 aromatic rings. The molecule has 2 atom stereocenters. The van der Waals surface area contributed by atoms with Crippen molar-refractivity contribution in [3.05, 3.63) is 6.42 Å². The molecule has 0 aliphatic heterocycles. The van der Waals surface area contributed by atoms with Crippen LogP contribution in [-0.4, -0.2) is 0 Å². The number of rotatable bonds is 1. The maximum absolute atomic E-state index is 2.35. The summed E-state index contributed by atoms with van der Waals surface area (Å²) in [7, 11) is 0. The highest BCUT2D eigenvalue weighted by molar-refractivity contribution is 4.97. The second-order valence-corrected chi connectivity index (χ2v) is 3.23. The summed E-state index contributed by atoms with van der Waals surface area (Å²) in [6.45, 7) is 6.86. The minimum Gasteiger partial charge on any atom is -0.0579 e. The molecule has 46 valence electrons. The first-order valence-electron chi connectivity index (χ1n) is 3.49. The maximum atomic E-state index is 2.35. The van der Waals surface area contributed by atoms with E-state index in [1.807, 2.05) is 0 Å². The Bertz CT molecular complexity index is 82.0. The van der Waals surface area contributed by atoms with Crippen molar-refractivity contribution in [3.63, 3.8) is 0 Å². The zero-order valence-corrected chi connectivity index (χ0v) is 6.07. The molecule has 0 spiro atoms. The van der Waals surface area contributed by atoms with Gasteiger partial charge < -0.3 is 0 Å². The Morgan fingerprint density at radius 2 is 2.25 bits per heavy atom. The summed E-state index contributed by atoms with van der Waals surface area (Å²) in [6, 6.07) is 0. The van der Waals surface area contributed by atoms with E-state index < -0.39 is 0 Å². The van der Waals surface area contributed by atoms with Gasteiger partial charge in [-0.2, -0.15) is 0 Å². The lowest BCUT2D eigenvalue weighted by molar-refractivity contribution is 0.105. The van der Waals surface area contributed by atoms with Gasteiger partial charge in [0, 0.05) is 5.92 Å². The van der Waals surface area contributed by atoms with Gasteiger partial charge in [0.2, 0.25) is 0 Å². The van der Waals surface area contributed by atoms with Crippen molar-refractivity contribution in [2.45, 2.75) is 33.6 Å². The molecule has 0 amide bonds. The molecule has 0 heteroatoms. The average Bonchev–Trinajstić information content (AvgIpc) is 1.83. The van der Waals surface area contributed by atoms with Gasteiger partial charge in [-0.05, 0) is 19.8 Å². The summed E-state index contributed by atoms with van der Waals surface area (Å²) in [6.07, 6.45) is 5.19. The highest BCUT2D eigenvalue weighted by Gasteiger charge is 2.44. The molecule has 1 aliphatic rings. The van der Waals surface area contributed by atoms with Crippen molar-refractivity contribution < 1.29 is 0 Å². The van der Waals surface area contributed by atoms with Crippen molar-refractivity contribution in [3.8, 4) is 0 Å². The molecule has 0 N–H and O–H groups in total. The Morgan fingerprint density at radius 1 is 1.62 bits per heavy atom. The summed E-state index contributed by atoms with van der Waals surface area (Å²) in [4.78, 5) is 0. The third-order valence-electron chi connectivity index (χ3n) is 2.90. The van der Waals surface area contributed by atoms with Crippen LogP contribution in [0.15, 0.2) is 0 Å². The second-order valence-electron chi connectivity index (χ2n) is 3.23. The molecule has 1 saturated carbocycles. The molecular formula is C8H15+. The van der Waals surface area contributed by atoms with Gasteiger partial charge in [0.1, 0.15) is 5.41 Å². The monoisotopic (exact) mass is 111 g/mol. The van der Waals surface area contributed by atoms with Crippen molar-refractivity contribution in [1.82, 2.24) is 0 Å². The maximum Gasteiger partial charge on any atom is 0.107 e. The Hall–Kier alpha value is -0.130. The molecular weight excluding hydrogens is 96.1 g/mol. The quantitative estimate of drug-likeness (QED) is 0.456. The first-order valence-corrected chi connectivity index (χ1v) is 3.49. The molecule has 0 radical (unpaired) electrons. The average molecular weight is 111 g/mol. The SMILES string of the molecule is C[CH+]C1(C)CCC1C. The van der Waals surface area contributed by atoms with Crippen LogP contribution in [0.5, 0.6) is 0 Å². The fourth-order valence-corrected chi connectivity index (χ4v) is 1.32. The van der Waals surface area contributed by atoms with Crippen LogP contribution in [0.4, 0.5) is 0 Å². The topological polar surface area (TPSA) is 0 Å². The van der Waals surface area contributed by atoms with Crippen LogP contribution in [0.3, 0.4) is 0 Å². The summed E-state index contributed by atoms with van der Waals surface area (Å²) in [5.41, 5.74) is 0.597. The van der Waals surface area contributed by atoms with Gasteiger partial charge in [0.05, 0.1) is 13.3 Å². The van der Waals surface area contributed by atoms with Crippen LogP contribution < -0.4 is 0 Å². The van der Waals surface area contributed by atoms with E-state index in [-0.39, 0.29) is 0 Å². The van der Waals surface area contributed by atoms with Gasteiger partial charge >= 0.3 is 0 Å². The molecule has 0 saturated heterocycles. The van der Waals surface area contributed by atoms with Crippen LogP contribution in [0.1, 0.15) is 33.6 Å². The highest BCUT2D eigenvalue weighted by atomic mass is 14.4. The Kier molecular flexibility index (Phi) is 1.26. The molecule has 1 aliphatic carbocycles. The predicted octanol–water partition coefficient (Wildman–Crippen LogP) is 2.65. The lowest BCUT2D eigenvalue weighted by atomic mass is 9.61. The fourth-order valence-electron chi connectivity index (χ4n) is 1.32. The van der Waals surface area contributed by atoms with Crippen molar-refractivity contribution in [1.29, 1.82) is 0 Å². The number of hydrogen-bond acceptors (Lipinski definition) is 0. The van der Waals surface area contributed by atoms with Crippen LogP contribution in [0.25, 0.3) is 0 Å². The van der Waals surface area contributed by atoms with Gasteiger partial charge in [-0.3, -0.25) is 0 Å². The Balaban J connectivity index is 2.42. The van der Waals surface area contributed by atoms with E-state index in [0.717, 1.165) is 5.92 Å². The standard InChI is InChI=1S/C8H15/c1-4-8(3)6-5-7(8)2/h4,7H,5-6H2,1-3H3/q+1. The first kappa shape index (κ1) is 6.00. The van der Waals surface area contributed by atoms with Gasteiger partial charge in [-0.15, -0.1) is 0 Å². The minimum absolute atomic E-state index is 0.597. The molecule has 0 aromatic carbocycles. The molecule has 0 bridgehead atoms. The van der Waals surface area contributed by atoms with E-state index in [4.69, 9.17) is 0 Å². The summed E-state index contributed by atoms with van der Waals surface area (Å²) in [5, 5.41) is 0. The second kappa shape index (κ2) is 1.68. The summed E-state index contributed by atoms with van der Waals surface area (Å²) in [5.74, 6) is 0.937. The van der Waals surface area contributed by atoms with E-state index in [1.54, 1.807) is 0 Å². The molecule has 1 rings (SSSR count). The first-order chi connectivity index (χ1) is 3.69. The van der Waals surface area contributed by atoms with Gasteiger partial charge in [-0.25, -0.2) is 0 Å². The van der Waals surface area contributed by atoms with E-state index in [1.165, 1.54) is 12.8 Å². The third-order valence-corrected chi connectivity index (χ3v) is 2.90. The van der Waals surface area contributed by atoms with Gasteiger partial charge in [-0.1, -0.05) is 6.92 Å². The summed E-state index contributed by atoms with van der Waals surface area (Å²) >= 11 is 0. The molecule has 8 heavy (non-hydrogen) atoms. The van der Waals surface area contributed by atoms with E-state index >= 15 is 0 Å². The third kappa shape index (κ3) is 0.630. The zero-order valence-electron chi connectivity index (χ0n) is 6.07. The molecule has 2 unspecified atom stereocenters. The Morgan fingerprint density at radius 3 is 2.25 bits per heavy atom. The lowest BCUT2D eigenvalue weighted by Gasteiger charge is -2.37. The van der Waals surface area contributed by atoms with Gasteiger partial charge in [0.25, 0.3) is 0 Å². The molecule has 1 fully saturated rings. The van der Waals surface area contributed by atoms with E-state index in [2.05, 4.69) is 27.2 Å². The van der Waals surface area contributed by atoms with E-state index in [9.17, 15) is 0 Å². The fraction of sp³-hybridized carbons (Fsp3) is 0.875. The Labute approximate surface area is 52.3 Å². The van der Waals surface area contributed by atoms with Crippen molar-refractivity contribution in [2.75, 3.05) is 0 Å². The summed E-state index contributed by atoms with van der Waals surface area (Å²) < 4.78 is 0. The largest absolute Gasteiger partial charge is 0.107 e. The molecule has 0 nitrogen and oxygen atoms in total. The zero-order chi connectivity index (χ0) is 6.20. The number of hydrogen-bond donors (Lipinski definition) is 0. The van der Waals surface area contributed by atoms with E-state index in [0.29, 0.717) is 5.41 Å². The lowest BCUT2D eigenvalue weighted by Crippen LogP contribution is -2.34. The van der Waals surface area contributed by atoms with Crippen molar-refractivity contribution in [2.24, 2.45) is 11.3 Å². The minimum atomic E-state index is 0.597. The van der Waals surface area contributed by atoms with Crippen LogP contribution >= 0.6 is 0 Å². The highest BCUT2D eigenvalue weighted by Crippen LogP contribution is 2.47. The van der Waals surface area contributed by atoms with Crippen LogP contribution in [-0.2, 0) is 0 Å². The van der Waals surface area contributed by atoms with Crippen molar-refractivity contribution >= 4 is 0 Å². The predicted molar refractivity (Wildman–Crippen MR) is 36.5 cm³/mol. The molecule has 0 heterocycles. The van der Waals surface area contributed by atoms with Gasteiger partial charge in [0.15, 0.2) is 0 Å². The smallest absolute Gasteiger partial charge is 0.0579 e.